The molecule has 0 bridgehead atoms. The van der Waals surface area contributed by atoms with Crippen molar-refractivity contribution < 1.29 is 4.79 Å². The van der Waals surface area contributed by atoms with Crippen molar-refractivity contribution in [3.05, 3.63) is 30.1 Å². The Hall–Kier alpha value is -2.04. The number of H-pyrrole nitrogens is 1. The van der Waals surface area contributed by atoms with Gasteiger partial charge < -0.3 is 16.0 Å². The van der Waals surface area contributed by atoms with Gasteiger partial charge in [-0.2, -0.15) is 0 Å². The number of imidazole rings is 1. The number of carbonyl (C=O) groups excluding carboxylic acids is 1. The van der Waals surface area contributed by atoms with E-state index in [-0.39, 0.29) is 5.41 Å². The zero-order valence-electron chi connectivity index (χ0n) is 9.95. The van der Waals surface area contributed by atoms with Gasteiger partial charge in [0.25, 0.3) is 0 Å². The molecule has 0 aliphatic heterocycles. The van der Waals surface area contributed by atoms with Crippen LogP contribution in [0.15, 0.2) is 24.5 Å². The van der Waals surface area contributed by atoms with Crippen molar-refractivity contribution >= 4 is 17.1 Å². The number of rotatable bonds is 3. The van der Waals surface area contributed by atoms with Crippen LogP contribution in [0.1, 0.15) is 19.4 Å². The first-order valence-electron chi connectivity index (χ1n) is 5.46. The van der Waals surface area contributed by atoms with Crippen LogP contribution in [-0.4, -0.2) is 22.5 Å². The van der Waals surface area contributed by atoms with E-state index in [1.165, 1.54) is 0 Å². The van der Waals surface area contributed by atoms with Crippen molar-refractivity contribution in [2.75, 3.05) is 6.54 Å². The second kappa shape index (κ2) is 4.08. The van der Waals surface area contributed by atoms with E-state index in [1.807, 2.05) is 18.2 Å². The maximum atomic E-state index is 10.7. The van der Waals surface area contributed by atoms with Crippen LogP contribution in [0.25, 0.3) is 11.0 Å². The van der Waals surface area contributed by atoms with E-state index in [2.05, 4.69) is 29.1 Å². The molecule has 4 N–H and O–H groups in total. The van der Waals surface area contributed by atoms with E-state index in [0.29, 0.717) is 6.54 Å². The summed E-state index contributed by atoms with van der Waals surface area (Å²) in [6, 6.07) is 5.53. The first kappa shape index (κ1) is 11.4. The van der Waals surface area contributed by atoms with E-state index in [0.717, 1.165) is 16.6 Å². The topological polar surface area (TPSA) is 83.8 Å². The SMILES string of the molecule is CC(C)(CNC(N)=O)c1ccc2nc[nH]c2c1. The van der Waals surface area contributed by atoms with Gasteiger partial charge in [-0.25, -0.2) is 9.78 Å². The van der Waals surface area contributed by atoms with Gasteiger partial charge in [-0.05, 0) is 17.7 Å². The predicted molar refractivity (Wildman–Crippen MR) is 66.7 cm³/mol. The smallest absolute Gasteiger partial charge is 0.312 e. The zero-order valence-corrected chi connectivity index (χ0v) is 9.95. The summed E-state index contributed by atoms with van der Waals surface area (Å²) in [6.07, 6.45) is 1.67. The number of aromatic amines is 1. The summed E-state index contributed by atoms with van der Waals surface area (Å²) in [5, 5.41) is 2.64. The average molecular weight is 232 g/mol. The zero-order chi connectivity index (χ0) is 12.5. The van der Waals surface area contributed by atoms with E-state index in [1.54, 1.807) is 6.33 Å². The van der Waals surface area contributed by atoms with E-state index in [9.17, 15) is 4.79 Å². The van der Waals surface area contributed by atoms with Gasteiger partial charge in [-0.1, -0.05) is 19.9 Å². The van der Waals surface area contributed by atoms with Crippen molar-refractivity contribution in [2.24, 2.45) is 5.73 Å². The van der Waals surface area contributed by atoms with Crippen LogP contribution in [0.2, 0.25) is 0 Å². The first-order chi connectivity index (χ1) is 7.99. The molecule has 1 aromatic carbocycles. The van der Waals surface area contributed by atoms with Crippen LogP contribution in [-0.2, 0) is 5.41 Å². The molecule has 0 spiro atoms. The molecule has 0 aliphatic rings. The molecule has 0 aliphatic carbocycles. The molecule has 1 heterocycles. The minimum Gasteiger partial charge on any atom is -0.352 e. The number of carbonyl (C=O) groups is 1. The number of nitrogens with one attached hydrogen (secondary N) is 2. The Morgan fingerprint density at radius 1 is 1.53 bits per heavy atom. The molecule has 0 unspecified atom stereocenters. The molecular weight excluding hydrogens is 216 g/mol. The summed E-state index contributed by atoms with van der Waals surface area (Å²) in [5.41, 5.74) is 7.97. The highest BCUT2D eigenvalue weighted by molar-refractivity contribution is 5.75. The van der Waals surface area contributed by atoms with Crippen LogP contribution < -0.4 is 11.1 Å². The maximum absolute atomic E-state index is 10.7. The van der Waals surface area contributed by atoms with Gasteiger partial charge in [0.15, 0.2) is 0 Å². The lowest BCUT2D eigenvalue weighted by Crippen LogP contribution is -2.39. The Kier molecular flexibility index (Phi) is 2.75. The fourth-order valence-electron chi connectivity index (χ4n) is 1.77. The van der Waals surface area contributed by atoms with Gasteiger partial charge in [0.2, 0.25) is 0 Å². The molecule has 2 rings (SSSR count). The number of nitrogens with zero attached hydrogens (tertiary/aromatic N) is 1. The second-order valence-electron chi connectivity index (χ2n) is 4.74. The number of urea groups is 1. The van der Waals surface area contributed by atoms with Gasteiger partial charge in [0.05, 0.1) is 17.4 Å². The standard InChI is InChI=1S/C12H16N4O/c1-12(2,6-14-11(13)17)8-3-4-9-10(5-8)16-7-15-9/h3-5,7H,6H2,1-2H3,(H,15,16)(H3,13,14,17). The fraction of sp³-hybridized carbons (Fsp3) is 0.333. The van der Waals surface area contributed by atoms with Crippen molar-refractivity contribution in [3.8, 4) is 0 Å². The van der Waals surface area contributed by atoms with Crippen LogP contribution in [0.3, 0.4) is 0 Å². The molecular formula is C12H16N4O. The Morgan fingerprint density at radius 3 is 3.00 bits per heavy atom. The first-order valence-corrected chi connectivity index (χ1v) is 5.46. The Balaban J connectivity index is 2.27. The molecule has 5 heteroatoms. The normalized spacial score (nSPS) is 11.6. The number of fused-ring (bicyclic) bond motifs is 1. The van der Waals surface area contributed by atoms with E-state index < -0.39 is 6.03 Å². The van der Waals surface area contributed by atoms with Crippen molar-refractivity contribution in [1.29, 1.82) is 0 Å². The van der Waals surface area contributed by atoms with Gasteiger partial charge in [0.1, 0.15) is 0 Å². The van der Waals surface area contributed by atoms with E-state index >= 15 is 0 Å². The summed E-state index contributed by atoms with van der Waals surface area (Å²) in [4.78, 5) is 18.0. The highest BCUT2D eigenvalue weighted by atomic mass is 16.2. The quantitative estimate of drug-likeness (QED) is 0.749. The van der Waals surface area contributed by atoms with Crippen molar-refractivity contribution in [3.63, 3.8) is 0 Å². The molecule has 0 atom stereocenters. The van der Waals surface area contributed by atoms with Gasteiger partial charge >= 0.3 is 6.03 Å². The highest BCUT2D eigenvalue weighted by Crippen LogP contribution is 2.24. The molecule has 17 heavy (non-hydrogen) atoms. The Labute approximate surface area is 99.4 Å². The molecule has 5 nitrogen and oxygen atoms in total. The third-order valence-electron chi connectivity index (χ3n) is 2.91. The van der Waals surface area contributed by atoms with Crippen molar-refractivity contribution in [1.82, 2.24) is 15.3 Å². The molecule has 0 saturated heterocycles. The lowest BCUT2D eigenvalue weighted by molar-refractivity contribution is 0.246. The molecule has 1 aromatic heterocycles. The lowest BCUT2D eigenvalue weighted by atomic mass is 9.84. The number of hydrogen-bond donors (Lipinski definition) is 3. The molecule has 0 radical (unpaired) electrons. The molecule has 0 fully saturated rings. The summed E-state index contributed by atoms with van der Waals surface area (Å²) >= 11 is 0. The highest BCUT2D eigenvalue weighted by Gasteiger charge is 2.21. The third-order valence-corrected chi connectivity index (χ3v) is 2.91. The number of aromatic nitrogens is 2. The van der Waals surface area contributed by atoms with Gasteiger partial charge in [0, 0.05) is 12.0 Å². The van der Waals surface area contributed by atoms with Gasteiger partial charge in [-0.3, -0.25) is 0 Å². The number of amides is 2. The number of primary amides is 1. The Bertz CT molecular complexity index is 544. The second-order valence-corrected chi connectivity index (χ2v) is 4.74. The van der Waals surface area contributed by atoms with E-state index in [4.69, 9.17) is 5.73 Å². The summed E-state index contributed by atoms with van der Waals surface area (Å²) in [7, 11) is 0. The minimum absolute atomic E-state index is 0.172. The third kappa shape index (κ3) is 2.38. The minimum atomic E-state index is -0.499. The molecule has 0 saturated carbocycles. The number of nitrogens with two attached hydrogens (primary N) is 1. The van der Waals surface area contributed by atoms with Crippen LogP contribution in [0.4, 0.5) is 4.79 Å². The van der Waals surface area contributed by atoms with Gasteiger partial charge in [-0.15, -0.1) is 0 Å². The fourth-order valence-corrected chi connectivity index (χ4v) is 1.77. The summed E-state index contributed by atoms with van der Waals surface area (Å²) < 4.78 is 0. The number of hydrogen-bond acceptors (Lipinski definition) is 2. The summed E-state index contributed by atoms with van der Waals surface area (Å²) in [6.45, 7) is 4.61. The van der Waals surface area contributed by atoms with Crippen LogP contribution in [0, 0.1) is 0 Å². The van der Waals surface area contributed by atoms with Crippen LogP contribution in [0.5, 0.6) is 0 Å². The maximum Gasteiger partial charge on any atom is 0.312 e. The monoisotopic (exact) mass is 232 g/mol. The molecule has 2 aromatic rings. The lowest BCUT2D eigenvalue weighted by Gasteiger charge is -2.25. The molecule has 2 amide bonds. The molecule has 90 valence electrons. The largest absolute Gasteiger partial charge is 0.352 e. The predicted octanol–water partition coefficient (Wildman–Crippen LogP) is 1.51. The number of benzene rings is 1. The Morgan fingerprint density at radius 2 is 2.29 bits per heavy atom. The van der Waals surface area contributed by atoms with Crippen molar-refractivity contribution in [2.45, 2.75) is 19.3 Å². The summed E-state index contributed by atoms with van der Waals surface area (Å²) in [5.74, 6) is 0. The average Bonchev–Trinajstić information content (AvgIpc) is 2.73. The van der Waals surface area contributed by atoms with Crippen LogP contribution >= 0.6 is 0 Å².